The lowest BCUT2D eigenvalue weighted by atomic mass is 10.1. The van der Waals surface area contributed by atoms with Gasteiger partial charge in [-0.3, -0.25) is 14.3 Å². The molecule has 0 spiro atoms. The van der Waals surface area contributed by atoms with E-state index < -0.39 is 11.6 Å². The number of hydrogen-bond acceptors (Lipinski definition) is 4. The van der Waals surface area contributed by atoms with Crippen LogP contribution in [0.5, 0.6) is 0 Å². The van der Waals surface area contributed by atoms with E-state index in [0.29, 0.717) is 31.2 Å². The molecule has 0 saturated carbocycles. The second-order valence-corrected chi connectivity index (χ2v) is 6.86. The summed E-state index contributed by atoms with van der Waals surface area (Å²) in [6.07, 6.45) is 5.60. The van der Waals surface area contributed by atoms with E-state index in [4.69, 9.17) is 4.98 Å². The lowest BCUT2D eigenvalue weighted by Crippen LogP contribution is -2.39. The maximum absolute atomic E-state index is 13.4. The summed E-state index contributed by atoms with van der Waals surface area (Å²) in [5.41, 5.74) is 2.17. The number of anilines is 1. The summed E-state index contributed by atoms with van der Waals surface area (Å²) in [5, 5.41) is 0. The van der Waals surface area contributed by atoms with E-state index in [1.165, 1.54) is 6.07 Å². The average Bonchev–Trinajstić information content (AvgIpc) is 2.71. The number of halogens is 2. The van der Waals surface area contributed by atoms with Crippen molar-refractivity contribution in [3.05, 3.63) is 76.3 Å². The molecule has 1 aliphatic heterocycles. The van der Waals surface area contributed by atoms with Crippen molar-refractivity contribution in [1.82, 2.24) is 14.5 Å². The predicted molar refractivity (Wildman–Crippen MR) is 103 cm³/mol. The number of hydrogen-bond donors (Lipinski definition) is 0. The minimum absolute atomic E-state index is 0.0675. The second-order valence-electron chi connectivity index (χ2n) is 6.86. The fourth-order valence-corrected chi connectivity index (χ4v) is 3.52. The van der Waals surface area contributed by atoms with Crippen LogP contribution >= 0.6 is 0 Å². The molecule has 0 aliphatic carbocycles. The first-order chi connectivity index (χ1) is 13.6. The third-order valence-electron chi connectivity index (χ3n) is 4.93. The minimum Gasteiger partial charge on any atom is -0.342 e. The number of benzene rings is 1. The number of aromatic nitrogens is 3. The quantitative estimate of drug-likeness (QED) is 0.679. The third-order valence-corrected chi connectivity index (χ3v) is 4.93. The highest BCUT2D eigenvalue weighted by molar-refractivity contribution is 5.59. The van der Waals surface area contributed by atoms with Crippen molar-refractivity contribution in [2.75, 3.05) is 18.0 Å². The first-order valence-corrected chi connectivity index (χ1v) is 9.33. The third kappa shape index (κ3) is 3.78. The molecule has 3 aromatic rings. The van der Waals surface area contributed by atoms with Gasteiger partial charge in [0.25, 0.3) is 5.56 Å². The smallest absolute Gasteiger partial charge is 0.255 e. The van der Waals surface area contributed by atoms with Gasteiger partial charge in [0.15, 0.2) is 11.6 Å². The minimum atomic E-state index is -0.832. The Morgan fingerprint density at radius 2 is 1.82 bits per heavy atom. The summed E-state index contributed by atoms with van der Waals surface area (Å²) >= 11 is 0. The van der Waals surface area contributed by atoms with Gasteiger partial charge < -0.3 is 4.90 Å². The first-order valence-electron chi connectivity index (χ1n) is 9.33. The molecule has 0 saturated heterocycles. The molecule has 0 unspecified atom stereocenters. The Kier molecular flexibility index (Phi) is 5.14. The Bertz CT molecular complexity index is 1040. The Balaban J connectivity index is 1.53. The number of rotatable bonds is 5. The highest BCUT2D eigenvalue weighted by Crippen LogP contribution is 2.22. The van der Waals surface area contributed by atoms with Crippen LogP contribution in [0.15, 0.2) is 53.6 Å². The van der Waals surface area contributed by atoms with Crippen molar-refractivity contribution in [3.8, 4) is 11.3 Å². The van der Waals surface area contributed by atoms with E-state index in [1.54, 1.807) is 29.1 Å². The van der Waals surface area contributed by atoms with Gasteiger partial charge in [0.1, 0.15) is 0 Å². The van der Waals surface area contributed by atoms with Gasteiger partial charge in [-0.05, 0) is 49.1 Å². The van der Waals surface area contributed by atoms with Crippen molar-refractivity contribution in [1.29, 1.82) is 0 Å². The summed E-state index contributed by atoms with van der Waals surface area (Å²) in [7, 11) is 0. The molecule has 0 amide bonds. The Hall–Kier alpha value is -3.09. The van der Waals surface area contributed by atoms with Gasteiger partial charge in [-0.1, -0.05) is 6.07 Å². The Labute approximate surface area is 161 Å². The van der Waals surface area contributed by atoms with Gasteiger partial charge in [-0.15, -0.1) is 0 Å². The zero-order valence-electron chi connectivity index (χ0n) is 15.3. The van der Waals surface area contributed by atoms with Crippen molar-refractivity contribution in [2.45, 2.75) is 25.8 Å². The Morgan fingerprint density at radius 1 is 1.00 bits per heavy atom. The number of nitrogens with zero attached hydrogens (tertiary/aromatic N) is 4. The lowest BCUT2D eigenvalue weighted by molar-refractivity contribution is 0.506. The van der Waals surface area contributed by atoms with Crippen molar-refractivity contribution in [3.63, 3.8) is 0 Å². The molecule has 0 atom stereocenters. The van der Waals surface area contributed by atoms with Crippen LogP contribution in [0.25, 0.3) is 11.3 Å². The van der Waals surface area contributed by atoms with E-state index >= 15 is 0 Å². The largest absolute Gasteiger partial charge is 0.342 e. The molecule has 0 bridgehead atoms. The fourth-order valence-electron chi connectivity index (χ4n) is 3.52. The zero-order chi connectivity index (χ0) is 19.5. The standard InChI is InChI=1S/C21H20F2N4O/c22-17-5-4-15(13-18(17)23)3-1-10-26-11-2-12-27-20(28)14-19(25-21(26)27)16-6-8-24-9-7-16/h4-9,13-14H,1-3,10-12H2. The molecule has 5 nitrogen and oxygen atoms in total. The Morgan fingerprint density at radius 3 is 2.61 bits per heavy atom. The van der Waals surface area contributed by atoms with Crippen LogP contribution in [0.1, 0.15) is 18.4 Å². The van der Waals surface area contributed by atoms with Crippen molar-refractivity contribution >= 4 is 5.95 Å². The fraction of sp³-hybridized carbons (Fsp3) is 0.286. The molecule has 0 fully saturated rings. The van der Waals surface area contributed by atoms with Crippen molar-refractivity contribution in [2.24, 2.45) is 0 Å². The van der Waals surface area contributed by atoms with Gasteiger partial charge in [0.05, 0.1) is 5.69 Å². The molecule has 0 N–H and O–H groups in total. The summed E-state index contributed by atoms with van der Waals surface area (Å²) < 4.78 is 28.1. The molecule has 1 aliphatic rings. The van der Waals surface area contributed by atoms with E-state index in [-0.39, 0.29) is 5.56 Å². The zero-order valence-corrected chi connectivity index (χ0v) is 15.3. The van der Waals surface area contributed by atoms with E-state index in [9.17, 15) is 13.6 Å². The monoisotopic (exact) mass is 382 g/mol. The molecule has 4 rings (SSSR count). The van der Waals surface area contributed by atoms with Gasteiger partial charge in [-0.25, -0.2) is 13.8 Å². The maximum Gasteiger partial charge on any atom is 0.255 e. The molecule has 7 heteroatoms. The van der Waals surface area contributed by atoms with Gasteiger partial charge in [0, 0.05) is 43.7 Å². The van der Waals surface area contributed by atoms with E-state index in [0.717, 1.165) is 36.6 Å². The highest BCUT2D eigenvalue weighted by atomic mass is 19.2. The van der Waals surface area contributed by atoms with Crippen LogP contribution in [0, 0.1) is 11.6 Å². The van der Waals surface area contributed by atoms with Gasteiger partial charge >= 0.3 is 0 Å². The van der Waals surface area contributed by atoms with Crippen LogP contribution in [-0.2, 0) is 13.0 Å². The second kappa shape index (κ2) is 7.88. The molecule has 3 heterocycles. The molecule has 28 heavy (non-hydrogen) atoms. The highest BCUT2D eigenvalue weighted by Gasteiger charge is 2.20. The van der Waals surface area contributed by atoms with E-state index in [1.807, 2.05) is 12.1 Å². The topological polar surface area (TPSA) is 51.0 Å². The normalized spacial score (nSPS) is 13.4. The lowest BCUT2D eigenvalue weighted by Gasteiger charge is -2.31. The number of pyridine rings is 1. The molecule has 1 aromatic carbocycles. The van der Waals surface area contributed by atoms with Crippen LogP contribution in [-0.4, -0.2) is 27.6 Å². The van der Waals surface area contributed by atoms with Crippen LogP contribution in [0.2, 0.25) is 0 Å². The van der Waals surface area contributed by atoms with Crippen LogP contribution in [0.4, 0.5) is 14.7 Å². The number of fused-ring (bicyclic) bond motifs is 1. The van der Waals surface area contributed by atoms with E-state index in [2.05, 4.69) is 9.88 Å². The SMILES string of the molecule is O=c1cc(-c2ccncc2)nc2n1CCCN2CCCc1ccc(F)c(F)c1. The first kappa shape index (κ1) is 18.3. The predicted octanol–water partition coefficient (Wildman–Crippen LogP) is 3.43. The molecule has 0 radical (unpaired) electrons. The average molecular weight is 382 g/mol. The van der Waals surface area contributed by atoms with Crippen LogP contribution in [0.3, 0.4) is 0 Å². The van der Waals surface area contributed by atoms with Gasteiger partial charge in [0.2, 0.25) is 5.95 Å². The van der Waals surface area contributed by atoms with Crippen molar-refractivity contribution < 1.29 is 8.78 Å². The summed E-state index contributed by atoms with van der Waals surface area (Å²) in [5.74, 6) is -0.993. The molecule has 144 valence electrons. The summed E-state index contributed by atoms with van der Waals surface area (Å²) in [6.45, 7) is 2.15. The number of aryl methyl sites for hydroxylation is 1. The summed E-state index contributed by atoms with van der Waals surface area (Å²) in [6, 6.07) is 9.22. The van der Waals surface area contributed by atoms with Crippen LogP contribution < -0.4 is 10.5 Å². The molecule has 2 aromatic heterocycles. The maximum atomic E-state index is 13.4. The molecular weight excluding hydrogens is 362 g/mol. The van der Waals surface area contributed by atoms with Gasteiger partial charge in [-0.2, -0.15) is 0 Å². The molecular formula is C21H20F2N4O. The summed E-state index contributed by atoms with van der Waals surface area (Å²) in [4.78, 5) is 23.4.